The molecule has 0 aliphatic rings. The van der Waals surface area contributed by atoms with E-state index in [-0.39, 0.29) is 11.7 Å². The summed E-state index contributed by atoms with van der Waals surface area (Å²) in [6.07, 6.45) is 1.58. The number of nitrogens with zero attached hydrogens (tertiary/aromatic N) is 4. The van der Waals surface area contributed by atoms with Gasteiger partial charge in [-0.3, -0.25) is 9.36 Å². The number of thioether (sulfide) groups is 1. The highest BCUT2D eigenvalue weighted by atomic mass is 32.2. The molecule has 3 aromatic heterocycles. The molecule has 5 aromatic rings. The molecule has 2 aromatic carbocycles. The van der Waals surface area contributed by atoms with Crippen LogP contribution in [0, 0.1) is 0 Å². The van der Waals surface area contributed by atoms with Gasteiger partial charge >= 0.3 is 0 Å². The molecule has 0 spiro atoms. The Morgan fingerprint density at radius 3 is 2.62 bits per heavy atom. The van der Waals surface area contributed by atoms with Crippen molar-refractivity contribution in [2.75, 3.05) is 31.9 Å². The van der Waals surface area contributed by atoms with Crippen LogP contribution in [-0.2, 0) is 4.79 Å². The Morgan fingerprint density at radius 2 is 1.90 bits per heavy atom. The van der Waals surface area contributed by atoms with Crippen LogP contribution in [0.4, 0.5) is 5.13 Å². The standard InChI is InChI=1S/C27H25N5O5S2/c1-4-36-19-10-8-18(9-11-19)32-25(22-6-5-13-37-22)30-31-27(32)39-16-24(33)29-26-28-20(15-38-26)17-7-12-21(34-2)23(14-17)35-3/h5-15H,4,16H2,1-3H3,(H,28,29,33). The SMILES string of the molecule is CCOc1ccc(-n2c(SCC(=O)Nc3nc(-c4ccc(OC)c(OC)c4)cs3)nnc2-c2ccco2)cc1. The first-order chi connectivity index (χ1) is 19.1. The van der Waals surface area contributed by atoms with Crippen LogP contribution in [0.15, 0.2) is 75.8 Å². The summed E-state index contributed by atoms with van der Waals surface area (Å²) in [5.41, 5.74) is 2.40. The molecule has 0 fully saturated rings. The van der Waals surface area contributed by atoms with Crippen LogP contribution in [0.1, 0.15) is 6.92 Å². The van der Waals surface area contributed by atoms with E-state index >= 15 is 0 Å². The van der Waals surface area contributed by atoms with Gasteiger partial charge in [-0.2, -0.15) is 0 Å². The summed E-state index contributed by atoms with van der Waals surface area (Å²) in [5, 5.41) is 14.4. The zero-order valence-corrected chi connectivity index (χ0v) is 23.0. The third-order valence-corrected chi connectivity index (χ3v) is 7.23. The molecule has 1 amide bonds. The number of furan rings is 1. The van der Waals surface area contributed by atoms with Gasteiger partial charge in [0.2, 0.25) is 11.7 Å². The number of aromatic nitrogens is 4. The number of nitrogens with one attached hydrogen (secondary N) is 1. The number of rotatable bonds is 11. The summed E-state index contributed by atoms with van der Waals surface area (Å²) in [6, 6.07) is 16.7. The number of anilines is 1. The van der Waals surface area contributed by atoms with E-state index in [9.17, 15) is 4.79 Å². The molecule has 0 unspecified atom stereocenters. The molecule has 0 radical (unpaired) electrons. The fraction of sp³-hybridized carbons (Fsp3) is 0.185. The normalized spacial score (nSPS) is 10.8. The predicted octanol–water partition coefficient (Wildman–Crippen LogP) is 5.80. The van der Waals surface area contributed by atoms with E-state index in [1.54, 1.807) is 26.5 Å². The molecule has 39 heavy (non-hydrogen) atoms. The Balaban J connectivity index is 1.30. The van der Waals surface area contributed by atoms with Crippen molar-refractivity contribution in [3.8, 4) is 45.8 Å². The number of benzene rings is 2. The lowest BCUT2D eigenvalue weighted by molar-refractivity contribution is -0.113. The number of hydrogen-bond donors (Lipinski definition) is 1. The van der Waals surface area contributed by atoms with Gasteiger partial charge in [0.25, 0.3) is 0 Å². The lowest BCUT2D eigenvalue weighted by atomic mass is 10.1. The Bertz CT molecular complexity index is 1550. The first-order valence-electron chi connectivity index (χ1n) is 11.9. The van der Waals surface area contributed by atoms with Gasteiger partial charge in [-0.15, -0.1) is 21.5 Å². The number of hydrogen-bond acceptors (Lipinski definition) is 10. The number of thiazole rings is 1. The Labute approximate surface area is 233 Å². The highest BCUT2D eigenvalue weighted by Gasteiger charge is 2.19. The summed E-state index contributed by atoms with van der Waals surface area (Å²) in [6.45, 7) is 2.51. The third kappa shape index (κ3) is 5.91. The molecule has 12 heteroatoms. The van der Waals surface area contributed by atoms with E-state index in [0.29, 0.717) is 40.0 Å². The fourth-order valence-electron chi connectivity index (χ4n) is 3.76. The van der Waals surface area contributed by atoms with Crippen LogP contribution in [0.25, 0.3) is 28.5 Å². The zero-order valence-electron chi connectivity index (χ0n) is 21.4. The molecule has 200 valence electrons. The quantitative estimate of drug-likeness (QED) is 0.199. The van der Waals surface area contributed by atoms with Crippen molar-refractivity contribution < 1.29 is 23.4 Å². The summed E-state index contributed by atoms with van der Waals surface area (Å²) in [7, 11) is 3.17. The van der Waals surface area contributed by atoms with E-state index in [1.807, 2.05) is 65.4 Å². The van der Waals surface area contributed by atoms with Crippen LogP contribution < -0.4 is 19.5 Å². The van der Waals surface area contributed by atoms with Gasteiger partial charge in [0.1, 0.15) is 5.75 Å². The van der Waals surface area contributed by atoms with Gasteiger partial charge in [0.15, 0.2) is 27.5 Å². The predicted molar refractivity (Wildman–Crippen MR) is 150 cm³/mol. The molecular formula is C27H25N5O5S2. The molecule has 0 saturated carbocycles. The van der Waals surface area contributed by atoms with Crippen molar-refractivity contribution in [1.29, 1.82) is 0 Å². The van der Waals surface area contributed by atoms with E-state index in [1.165, 1.54) is 23.1 Å². The van der Waals surface area contributed by atoms with Gasteiger partial charge in [0.05, 0.1) is 44.2 Å². The Kier molecular flexibility index (Phi) is 8.13. The number of amides is 1. The molecule has 0 saturated heterocycles. The van der Waals surface area contributed by atoms with Crippen molar-refractivity contribution >= 4 is 34.1 Å². The monoisotopic (exact) mass is 563 g/mol. The molecule has 10 nitrogen and oxygen atoms in total. The smallest absolute Gasteiger partial charge is 0.236 e. The number of ether oxygens (including phenoxy) is 3. The summed E-state index contributed by atoms with van der Waals surface area (Å²) in [5.74, 6) is 3.00. The van der Waals surface area contributed by atoms with E-state index in [0.717, 1.165) is 22.7 Å². The second-order valence-corrected chi connectivity index (χ2v) is 9.79. The molecule has 0 aliphatic carbocycles. The molecule has 0 bridgehead atoms. The van der Waals surface area contributed by atoms with Crippen molar-refractivity contribution in [3.63, 3.8) is 0 Å². The minimum absolute atomic E-state index is 0.110. The lowest BCUT2D eigenvalue weighted by Crippen LogP contribution is -2.14. The van der Waals surface area contributed by atoms with Gasteiger partial charge in [-0.05, 0) is 61.5 Å². The molecule has 1 N–H and O–H groups in total. The highest BCUT2D eigenvalue weighted by molar-refractivity contribution is 7.99. The van der Waals surface area contributed by atoms with Crippen molar-refractivity contribution in [3.05, 3.63) is 66.2 Å². The van der Waals surface area contributed by atoms with Crippen LogP contribution in [-0.4, -0.2) is 52.2 Å². The van der Waals surface area contributed by atoms with Gasteiger partial charge in [0, 0.05) is 10.9 Å². The van der Waals surface area contributed by atoms with Crippen molar-refractivity contribution in [2.45, 2.75) is 12.1 Å². The molecule has 0 aliphatic heterocycles. The van der Waals surface area contributed by atoms with E-state index in [4.69, 9.17) is 18.6 Å². The van der Waals surface area contributed by atoms with Gasteiger partial charge < -0.3 is 23.9 Å². The minimum Gasteiger partial charge on any atom is -0.494 e. The number of methoxy groups -OCH3 is 2. The second-order valence-electron chi connectivity index (χ2n) is 7.99. The Morgan fingerprint density at radius 1 is 1.08 bits per heavy atom. The van der Waals surface area contributed by atoms with Crippen LogP contribution >= 0.6 is 23.1 Å². The number of carbonyl (C=O) groups excluding carboxylic acids is 1. The molecule has 3 heterocycles. The molecular weight excluding hydrogens is 538 g/mol. The van der Waals surface area contributed by atoms with Gasteiger partial charge in [-0.1, -0.05) is 11.8 Å². The summed E-state index contributed by atoms with van der Waals surface area (Å²) in [4.78, 5) is 17.4. The maximum Gasteiger partial charge on any atom is 0.236 e. The largest absolute Gasteiger partial charge is 0.494 e. The van der Waals surface area contributed by atoms with Crippen LogP contribution in [0.5, 0.6) is 17.2 Å². The second kappa shape index (κ2) is 12.0. The maximum atomic E-state index is 12.8. The average Bonchev–Trinajstić information content (AvgIpc) is 3.73. The van der Waals surface area contributed by atoms with E-state index in [2.05, 4.69) is 20.5 Å². The van der Waals surface area contributed by atoms with Crippen LogP contribution in [0.2, 0.25) is 0 Å². The average molecular weight is 564 g/mol. The van der Waals surface area contributed by atoms with Crippen molar-refractivity contribution in [2.24, 2.45) is 0 Å². The van der Waals surface area contributed by atoms with Crippen LogP contribution in [0.3, 0.4) is 0 Å². The number of carbonyl (C=O) groups is 1. The maximum absolute atomic E-state index is 12.8. The van der Waals surface area contributed by atoms with E-state index < -0.39 is 0 Å². The highest BCUT2D eigenvalue weighted by Crippen LogP contribution is 2.34. The fourth-order valence-corrected chi connectivity index (χ4v) is 5.25. The van der Waals surface area contributed by atoms with Crippen molar-refractivity contribution in [1.82, 2.24) is 19.7 Å². The minimum atomic E-state index is -0.214. The first kappa shape index (κ1) is 26.3. The van der Waals surface area contributed by atoms with Gasteiger partial charge in [-0.25, -0.2) is 4.98 Å². The zero-order chi connectivity index (χ0) is 27.2. The third-order valence-electron chi connectivity index (χ3n) is 5.54. The molecule has 5 rings (SSSR count). The Hall–Kier alpha value is -4.29. The first-order valence-corrected chi connectivity index (χ1v) is 13.8. The molecule has 0 atom stereocenters. The lowest BCUT2D eigenvalue weighted by Gasteiger charge is -2.10. The topological polar surface area (TPSA) is 114 Å². The summed E-state index contributed by atoms with van der Waals surface area (Å²) >= 11 is 2.61. The summed E-state index contributed by atoms with van der Waals surface area (Å²) < 4.78 is 23.7.